The molecule has 0 aliphatic heterocycles. The van der Waals surface area contributed by atoms with Crippen LogP contribution in [0.5, 0.6) is 5.75 Å². The lowest BCUT2D eigenvalue weighted by molar-refractivity contribution is 0.00852. The highest BCUT2D eigenvalue weighted by atomic mass is 16.5. The van der Waals surface area contributed by atoms with Gasteiger partial charge in [0.25, 0.3) is 0 Å². The van der Waals surface area contributed by atoms with E-state index in [1.165, 1.54) is 5.56 Å². The molecule has 0 aliphatic rings. The molecule has 130 valence electrons. The molecule has 0 amide bonds. The van der Waals surface area contributed by atoms with Crippen LogP contribution in [0.3, 0.4) is 0 Å². The molecule has 0 heterocycles. The molecule has 2 aromatic carbocycles. The van der Waals surface area contributed by atoms with Crippen LogP contribution in [-0.2, 0) is 11.3 Å². The predicted octanol–water partition coefficient (Wildman–Crippen LogP) is 3.27. The van der Waals surface area contributed by atoms with E-state index in [0.29, 0.717) is 19.8 Å². The van der Waals surface area contributed by atoms with Crippen LogP contribution in [0.25, 0.3) is 0 Å². The Kier molecular flexibility index (Phi) is 7.25. The molecule has 0 aliphatic carbocycles. The van der Waals surface area contributed by atoms with E-state index >= 15 is 0 Å². The first-order chi connectivity index (χ1) is 11.6. The Morgan fingerprint density at radius 1 is 1.04 bits per heavy atom. The van der Waals surface area contributed by atoms with Crippen molar-refractivity contribution >= 4 is 0 Å². The first-order valence-corrected chi connectivity index (χ1v) is 8.24. The maximum atomic E-state index is 10.2. The number of methoxy groups -OCH3 is 1. The topological polar surface area (TPSA) is 41.9 Å². The average Bonchev–Trinajstić information content (AvgIpc) is 2.62. The molecule has 4 heteroatoms. The van der Waals surface area contributed by atoms with Gasteiger partial charge in [-0.3, -0.25) is 4.90 Å². The smallest absolute Gasteiger partial charge is 0.118 e. The van der Waals surface area contributed by atoms with Gasteiger partial charge in [-0.05, 0) is 37.2 Å². The molecule has 0 saturated carbocycles. The molecule has 0 radical (unpaired) electrons. The van der Waals surface area contributed by atoms with Gasteiger partial charge in [0.1, 0.15) is 5.75 Å². The number of nitrogens with zero attached hydrogens (tertiary/aromatic N) is 1. The van der Waals surface area contributed by atoms with Gasteiger partial charge in [-0.2, -0.15) is 0 Å². The van der Waals surface area contributed by atoms with E-state index in [1.807, 2.05) is 49.5 Å². The SMILES string of the molecule is COc1ccc(COC[C@H](O)CN(C)[C@H](C)c2ccccc2)cc1. The van der Waals surface area contributed by atoms with Crippen LogP contribution in [0.2, 0.25) is 0 Å². The lowest BCUT2D eigenvalue weighted by Crippen LogP contribution is -2.33. The van der Waals surface area contributed by atoms with Crippen molar-refractivity contribution in [2.75, 3.05) is 27.3 Å². The van der Waals surface area contributed by atoms with Crippen LogP contribution in [0.4, 0.5) is 0 Å². The van der Waals surface area contributed by atoms with Gasteiger partial charge in [0.2, 0.25) is 0 Å². The minimum atomic E-state index is -0.514. The number of aliphatic hydroxyl groups excluding tert-OH is 1. The second-order valence-electron chi connectivity index (χ2n) is 6.04. The highest BCUT2D eigenvalue weighted by Crippen LogP contribution is 2.18. The highest BCUT2D eigenvalue weighted by molar-refractivity contribution is 5.26. The summed E-state index contributed by atoms with van der Waals surface area (Å²) in [6.07, 6.45) is -0.514. The Balaban J connectivity index is 1.73. The summed E-state index contributed by atoms with van der Waals surface area (Å²) >= 11 is 0. The van der Waals surface area contributed by atoms with Crippen LogP contribution in [0, 0.1) is 0 Å². The van der Waals surface area contributed by atoms with E-state index in [4.69, 9.17) is 9.47 Å². The molecule has 4 nitrogen and oxygen atoms in total. The molecule has 2 rings (SSSR count). The third kappa shape index (κ3) is 5.64. The van der Waals surface area contributed by atoms with Gasteiger partial charge < -0.3 is 14.6 Å². The molecule has 0 spiro atoms. The van der Waals surface area contributed by atoms with Crippen molar-refractivity contribution < 1.29 is 14.6 Å². The van der Waals surface area contributed by atoms with Crippen LogP contribution >= 0.6 is 0 Å². The van der Waals surface area contributed by atoms with E-state index in [2.05, 4.69) is 24.0 Å². The summed E-state index contributed by atoms with van der Waals surface area (Å²) in [5.41, 5.74) is 2.31. The third-order valence-corrected chi connectivity index (χ3v) is 4.18. The Hall–Kier alpha value is -1.88. The Bertz CT molecular complexity index is 586. The summed E-state index contributed by atoms with van der Waals surface area (Å²) in [6.45, 7) is 3.51. The van der Waals surface area contributed by atoms with Gasteiger partial charge in [-0.25, -0.2) is 0 Å². The number of hydrogen-bond donors (Lipinski definition) is 1. The molecule has 0 fully saturated rings. The molecule has 2 aromatic rings. The fourth-order valence-corrected chi connectivity index (χ4v) is 2.56. The standard InChI is InChI=1S/C20H27NO3/c1-16(18-7-5-4-6-8-18)21(2)13-19(22)15-24-14-17-9-11-20(23-3)12-10-17/h4-12,16,19,22H,13-15H2,1-3H3/t16-,19-/m1/s1. The van der Waals surface area contributed by atoms with Gasteiger partial charge in [0.05, 0.1) is 26.4 Å². The van der Waals surface area contributed by atoms with E-state index in [1.54, 1.807) is 7.11 Å². The summed E-state index contributed by atoms with van der Waals surface area (Å²) in [5.74, 6) is 0.829. The number of likely N-dealkylation sites (N-methyl/N-ethyl adjacent to an activating group) is 1. The number of rotatable bonds is 9. The average molecular weight is 329 g/mol. The zero-order chi connectivity index (χ0) is 17.4. The molecule has 0 unspecified atom stereocenters. The van der Waals surface area contributed by atoms with Gasteiger partial charge in [-0.1, -0.05) is 42.5 Å². The van der Waals surface area contributed by atoms with Crippen molar-refractivity contribution in [2.24, 2.45) is 0 Å². The number of ether oxygens (including phenoxy) is 2. The van der Waals surface area contributed by atoms with Crippen molar-refractivity contribution in [2.45, 2.75) is 25.7 Å². The lowest BCUT2D eigenvalue weighted by atomic mass is 10.1. The van der Waals surface area contributed by atoms with Crippen molar-refractivity contribution in [3.05, 3.63) is 65.7 Å². The summed E-state index contributed by atoms with van der Waals surface area (Å²) in [5, 5.41) is 10.2. The predicted molar refractivity (Wildman–Crippen MR) is 96.1 cm³/mol. The largest absolute Gasteiger partial charge is 0.497 e. The first kappa shape index (κ1) is 18.5. The molecule has 0 aromatic heterocycles. The zero-order valence-corrected chi connectivity index (χ0v) is 14.7. The summed E-state index contributed by atoms with van der Waals surface area (Å²) < 4.78 is 10.8. The van der Waals surface area contributed by atoms with Crippen LogP contribution in [-0.4, -0.2) is 43.4 Å². The van der Waals surface area contributed by atoms with Crippen molar-refractivity contribution in [1.82, 2.24) is 4.90 Å². The highest BCUT2D eigenvalue weighted by Gasteiger charge is 2.15. The fourth-order valence-electron chi connectivity index (χ4n) is 2.56. The summed E-state index contributed by atoms with van der Waals surface area (Å²) in [7, 11) is 3.67. The monoisotopic (exact) mass is 329 g/mol. The minimum absolute atomic E-state index is 0.252. The van der Waals surface area contributed by atoms with Gasteiger partial charge in [-0.15, -0.1) is 0 Å². The van der Waals surface area contributed by atoms with E-state index in [-0.39, 0.29) is 6.04 Å². The molecule has 2 atom stereocenters. The molecule has 0 saturated heterocycles. The van der Waals surface area contributed by atoms with E-state index < -0.39 is 6.10 Å². The number of hydrogen-bond acceptors (Lipinski definition) is 4. The maximum absolute atomic E-state index is 10.2. The van der Waals surface area contributed by atoms with E-state index in [0.717, 1.165) is 11.3 Å². The molecule has 0 bridgehead atoms. The Labute approximate surface area is 144 Å². The second kappa shape index (κ2) is 9.42. The summed E-state index contributed by atoms with van der Waals surface area (Å²) in [6, 6.07) is 18.3. The molecule has 24 heavy (non-hydrogen) atoms. The minimum Gasteiger partial charge on any atom is -0.497 e. The Morgan fingerprint density at radius 3 is 2.33 bits per heavy atom. The zero-order valence-electron chi connectivity index (χ0n) is 14.7. The first-order valence-electron chi connectivity index (χ1n) is 8.24. The van der Waals surface area contributed by atoms with Crippen LogP contribution in [0.15, 0.2) is 54.6 Å². The normalized spacial score (nSPS) is 13.7. The van der Waals surface area contributed by atoms with Crippen molar-refractivity contribution in [3.63, 3.8) is 0 Å². The molecular formula is C20H27NO3. The fraction of sp³-hybridized carbons (Fsp3) is 0.400. The van der Waals surface area contributed by atoms with E-state index in [9.17, 15) is 5.11 Å². The van der Waals surface area contributed by atoms with Gasteiger partial charge >= 0.3 is 0 Å². The van der Waals surface area contributed by atoms with Crippen LogP contribution in [0.1, 0.15) is 24.1 Å². The lowest BCUT2D eigenvalue weighted by Gasteiger charge is -2.27. The molecule has 1 N–H and O–H groups in total. The van der Waals surface area contributed by atoms with Crippen molar-refractivity contribution in [3.8, 4) is 5.75 Å². The maximum Gasteiger partial charge on any atom is 0.118 e. The Morgan fingerprint density at radius 2 is 1.71 bits per heavy atom. The number of benzene rings is 2. The molecular weight excluding hydrogens is 302 g/mol. The second-order valence-corrected chi connectivity index (χ2v) is 6.04. The van der Waals surface area contributed by atoms with Crippen molar-refractivity contribution in [1.29, 1.82) is 0 Å². The van der Waals surface area contributed by atoms with Gasteiger partial charge in [0.15, 0.2) is 0 Å². The summed E-state index contributed by atoms with van der Waals surface area (Å²) in [4.78, 5) is 2.14. The van der Waals surface area contributed by atoms with Gasteiger partial charge in [0, 0.05) is 12.6 Å². The number of aliphatic hydroxyl groups is 1. The quantitative estimate of drug-likeness (QED) is 0.767. The van der Waals surface area contributed by atoms with Crippen LogP contribution < -0.4 is 4.74 Å². The third-order valence-electron chi connectivity index (χ3n) is 4.18.